The lowest BCUT2D eigenvalue weighted by Gasteiger charge is -2.26. The average molecular weight is 312 g/mol. The fraction of sp³-hybridized carbons (Fsp3) is 0.353. The Balaban J connectivity index is 1.66. The van der Waals surface area contributed by atoms with Crippen LogP contribution in [-0.4, -0.2) is 34.7 Å². The van der Waals surface area contributed by atoms with E-state index in [-0.39, 0.29) is 18.4 Å². The van der Waals surface area contributed by atoms with Crippen LogP contribution in [0.5, 0.6) is 0 Å². The Labute approximate surface area is 134 Å². The SMILES string of the molecule is CNC(=O)Cn1cc(-c2ccc(C(=O)NC3CCC3)cc2)cn1. The molecule has 0 unspecified atom stereocenters. The first kappa shape index (κ1) is 15.3. The fourth-order valence-electron chi connectivity index (χ4n) is 2.46. The molecule has 0 aliphatic heterocycles. The van der Waals surface area contributed by atoms with Crippen LogP contribution in [0.3, 0.4) is 0 Å². The molecule has 1 aliphatic rings. The van der Waals surface area contributed by atoms with E-state index < -0.39 is 0 Å². The van der Waals surface area contributed by atoms with Crippen LogP contribution < -0.4 is 10.6 Å². The molecule has 0 atom stereocenters. The van der Waals surface area contributed by atoms with Crippen molar-refractivity contribution in [3.05, 3.63) is 42.2 Å². The second-order valence-electron chi connectivity index (χ2n) is 5.78. The Bertz CT molecular complexity index is 702. The van der Waals surface area contributed by atoms with Crippen molar-refractivity contribution < 1.29 is 9.59 Å². The molecular weight excluding hydrogens is 292 g/mol. The van der Waals surface area contributed by atoms with Crippen LogP contribution in [0.15, 0.2) is 36.7 Å². The summed E-state index contributed by atoms with van der Waals surface area (Å²) in [7, 11) is 1.60. The summed E-state index contributed by atoms with van der Waals surface area (Å²) in [4.78, 5) is 23.4. The molecule has 120 valence electrons. The third-order valence-corrected chi connectivity index (χ3v) is 4.14. The van der Waals surface area contributed by atoms with Crippen molar-refractivity contribution in [1.29, 1.82) is 0 Å². The number of aromatic nitrogens is 2. The highest BCUT2D eigenvalue weighted by atomic mass is 16.2. The number of carbonyl (C=O) groups excluding carboxylic acids is 2. The van der Waals surface area contributed by atoms with Crippen LogP contribution in [-0.2, 0) is 11.3 Å². The maximum atomic E-state index is 12.1. The Morgan fingerprint density at radius 3 is 2.57 bits per heavy atom. The minimum Gasteiger partial charge on any atom is -0.358 e. The molecule has 6 nitrogen and oxygen atoms in total. The van der Waals surface area contributed by atoms with Crippen molar-refractivity contribution in [2.24, 2.45) is 0 Å². The lowest BCUT2D eigenvalue weighted by Crippen LogP contribution is -2.39. The van der Waals surface area contributed by atoms with E-state index in [9.17, 15) is 9.59 Å². The van der Waals surface area contributed by atoms with E-state index in [0.717, 1.165) is 24.0 Å². The van der Waals surface area contributed by atoms with E-state index in [1.54, 1.807) is 17.9 Å². The van der Waals surface area contributed by atoms with Crippen LogP contribution in [0.25, 0.3) is 11.1 Å². The Morgan fingerprint density at radius 1 is 1.22 bits per heavy atom. The third-order valence-electron chi connectivity index (χ3n) is 4.14. The third kappa shape index (κ3) is 3.59. The second-order valence-corrected chi connectivity index (χ2v) is 5.78. The Kier molecular flexibility index (Phi) is 4.41. The fourth-order valence-corrected chi connectivity index (χ4v) is 2.46. The maximum absolute atomic E-state index is 12.1. The first-order valence-electron chi connectivity index (χ1n) is 7.80. The quantitative estimate of drug-likeness (QED) is 0.880. The van der Waals surface area contributed by atoms with E-state index in [0.29, 0.717) is 11.6 Å². The molecule has 3 rings (SSSR count). The Morgan fingerprint density at radius 2 is 1.96 bits per heavy atom. The molecule has 6 heteroatoms. The number of nitrogens with one attached hydrogen (secondary N) is 2. The van der Waals surface area contributed by atoms with E-state index in [2.05, 4.69) is 15.7 Å². The van der Waals surface area contributed by atoms with E-state index >= 15 is 0 Å². The van der Waals surface area contributed by atoms with Gasteiger partial charge in [-0.3, -0.25) is 14.3 Å². The van der Waals surface area contributed by atoms with Gasteiger partial charge in [-0.05, 0) is 37.0 Å². The highest BCUT2D eigenvalue weighted by Gasteiger charge is 2.19. The molecule has 1 aromatic carbocycles. The summed E-state index contributed by atoms with van der Waals surface area (Å²) in [6.07, 6.45) is 6.89. The molecule has 0 saturated heterocycles. The van der Waals surface area contributed by atoms with Crippen LogP contribution in [0.2, 0.25) is 0 Å². The zero-order valence-corrected chi connectivity index (χ0v) is 13.1. The lowest BCUT2D eigenvalue weighted by atomic mass is 9.93. The number of carbonyl (C=O) groups is 2. The maximum Gasteiger partial charge on any atom is 0.251 e. The van der Waals surface area contributed by atoms with Gasteiger partial charge in [0.1, 0.15) is 6.54 Å². The summed E-state index contributed by atoms with van der Waals surface area (Å²) in [6, 6.07) is 7.78. The highest BCUT2D eigenvalue weighted by Crippen LogP contribution is 2.21. The first-order chi connectivity index (χ1) is 11.2. The van der Waals surface area contributed by atoms with Crippen LogP contribution in [0.1, 0.15) is 29.6 Å². The van der Waals surface area contributed by atoms with Crippen LogP contribution in [0.4, 0.5) is 0 Å². The normalized spacial score (nSPS) is 14.1. The number of likely N-dealkylation sites (N-methyl/N-ethyl adjacent to an activating group) is 1. The molecule has 0 bridgehead atoms. The van der Waals surface area contributed by atoms with Crippen molar-refractivity contribution >= 4 is 11.8 Å². The van der Waals surface area contributed by atoms with Gasteiger partial charge in [-0.1, -0.05) is 12.1 Å². The van der Waals surface area contributed by atoms with E-state index in [1.807, 2.05) is 30.5 Å². The summed E-state index contributed by atoms with van der Waals surface area (Å²) in [5.74, 6) is -0.112. The molecule has 23 heavy (non-hydrogen) atoms. The molecule has 2 aromatic rings. The summed E-state index contributed by atoms with van der Waals surface area (Å²) in [5.41, 5.74) is 2.55. The molecule has 1 aromatic heterocycles. The van der Waals surface area contributed by atoms with Gasteiger partial charge >= 0.3 is 0 Å². The molecule has 1 saturated carbocycles. The van der Waals surface area contributed by atoms with Gasteiger partial charge < -0.3 is 10.6 Å². The van der Waals surface area contributed by atoms with Crippen LogP contribution in [0, 0.1) is 0 Å². The molecule has 2 N–H and O–H groups in total. The van der Waals surface area contributed by atoms with Gasteiger partial charge in [0.2, 0.25) is 5.91 Å². The van der Waals surface area contributed by atoms with Gasteiger partial charge in [0.05, 0.1) is 6.20 Å². The average Bonchev–Trinajstić information content (AvgIpc) is 2.99. The van der Waals surface area contributed by atoms with Gasteiger partial charge in [0, 0.05) is 30.4 Å². The molecule has 1 heterocycles. The largest absolute Gasteiger partial charge is 0.358 e. The molecule has 1 fully saturated rings. The summed E-state index contributed by atoms with van der Waals surface area (Å²) >= 11 is 0. The van der Waals surface area contributed by atoms with Crippen LogP contribution >= 0.6 is 0 Å². The van der Waals surface area contributed by atoms with E-state index in [4.69, 9.17) is 0 Å². The second kappa shape index (κ2) is 6.64. The number of hydrogen-bond donors (Lipinski definition) is 2. The lowest BCUT2D eigenvalue weighted by molar-refractivity contribution is -0.121. The standard InChI is InChI=1S/C17H20N4O2/c1-18-16(22)11-21-10-14(9-19-21)12-5-7-13(8-6-12)17(23)20-15-3-2-4-15/h5-10,15H,2-4,11H2,1H3,(H,18,22)(H,20,23). The number of amides is 2. The molecule has 0 spiro atoms. The zero-order valence-electron chi connectivity index (χ0n) is 13.1. The number of benzene rings is 1. The monoisotopic (exact) mass is 312 g/mol. The van der Waals surface area contributed by atoms with Gasteiger partial charge in [0.25, 0.3) is 5.91 Å². The minimum absolute atomic E-state index is 0.0171. The van der Waals surface area contributed by atoms with Crippen molar-refractivity contribution in [3.63, 3.8) is 0 Å². The summed E-state index contributed by atoms with van der Waals surface area (Å²) < 4.78 is 1.59. The predicted molar refractivity (Wildman–Crippen MR) is 86.8 cm³/mol. The molecule has 2 amide bonds. The molecular formula is C17H20N4O2. The predicted octanol–water partition coefficient (Wildman–Crippen LogP) is 1.58. The Hall–Kier alpha value is -2.63. The minimum atomic E-state index is -0.0948. The van der Waals surface area contributed by atoms with Gasteiger partial charge in [0.15, 0.2) is 0 Å². The number of hydrogen-bond acceptors (Lipinski definition) is 3. The summed E-state index contributed by atoms with van der Waals surface area (Å²) in [5, 5.41) is 9.76. The van der Waals surface area contributed by atoms with Crippen molar-refractivity contribution in [1.82, 2.24) is 20.4 Å². The van der Waals surface area contributed by atoms with E-state index in [1.165, 1.54) is 6.42 Å². The molecule has 1 aliphatic carbocycles. The van der Waals surface area contributed by atoms with Gasteiger partial charge in [-0.15, -0.1) is 0 Å². The summed E-state index contributed by atoms with van der Waals surface area (Å²) in [6.45, 7) is 0.193. The van der Waals surface area contributed by atoms with Crippen molar-refractivity contribution in [2.75, 3.05) is 7.05 Å². The number of nitrogens with zero attached hydrogens (tertiary/aromatic N) is 2. The highest BCUT2D eigenvalue weighted by molar-refractivity contribution is 5.94. The van der Waals surface area contributed by atoms with Crippen molar-refractivity contribution in [3.8, 4) is 11.1 Å². The number of rotatable bonds is 5. The van der Waals surface area contributed by atoms with Crippen molar-refractivity contribution in [2.45, 2.75) is 31.8 Å². The first-order valence-corrected chi connectivity index (χ1v) is 7.80. The zero-order chi connectivity index (χ0) is 16.2. The molecule has 0 radical (unpaired) electrons. The smallest absolute Gasteiger partial charge is 0.251 e. The topological polar surface area (TPSA) is 76.0 Å². The van der Waals surface area contributed by atoms with Gasteiger partial charge in [-0.2, -0.15) is 5.10 Å². The van der Waals surface area contributed by atoms with Gasteiger partial charge in [-0.25, -0.2) is 0 Å².